The smallest absolute Gasteiger partial charge is 0.417 e. The third-order valence-electron chi connectivity index (χ3n) is 5.55. The fourth-order valence-corrected chi connectivity index (χ4v) is 5.44. The normalized spacial score (nSPS) is 17.4. The van der Waals surface area contributed by atoms with Crippen LogP contribution in [0.2, 0.25) is 0 Å². The Morgan fingerprint density at radius 3 is 2.73 bits per heavy atom. The second-order valence-corrected chi connectivity index (χ2v) is 10.3. The summed E-state index contributed by atoms with van der Waals surface area (Å²) < 4.78 is 38.2. The van der Waals surface area contributed by atoms with Crippen LogP contribution >= 0.6 is 0 Å². The van der Waals surface area contributed by atoms with E-state index in [-0.39, 0.29) is 29.0 Å². The molecule has 0 spiro atoms. The molecule has 1 amide bonds. The van der Waals surface area contributed by atoms with Gasteiger partial charge in [-0.3, -0.25) is 9.78 Å². The number of hydrogen-bond acceptors (Lipinski definition) is 6. The number of H-pyrrole nitrogens is 1. The van der Waals surface area contributed by atoms with Gasteiger partial charge in [0.05, 0.1) is 22.4 Å². The van der Waals surface area contributed by atoms with Crippen LogP contribution in [0.25, 0.3) is 11.1 Å². The molecule has 0 aliphatic carbocycles. The van der Waals surface area contributed by atoms with Crippen LogP contribution in [0, 0.1) is 5.92 Å². The molecule has 1 unspecified atom stereocenters. The summed E-state index contributed by atoms with van der Waals surface area (Å²) in [5.41, 5.74) is 1.54. The summed E-state index contributed by atoms with van der Waals surface area (Å²) in [6.45, 7) is 4.70. The molecule has 2 aromatic carbocycles. The van der Waals surface area contributed by atoms with Gasteiger partial charge in [-0.15, -0.1) is 0 Å². The van der Waals surface area contributed by atoms with E-state index >= 15 is 0 Å². The quantitative estimate of drug-likeness (QED) is 0.544. The zero-order valence-corrected chi connectivity index (χ0v) is 19.4. The summed E-state index contributed by atoms with van der Waals surface area (Å²) in [5, 5.41) is 2.91. The average molecular weight is 474 g/mol. The number of amides is 1. The molecule has 10 heteroatoms. The zero-order chi connectivity index (χ0) is 23.6. The molecule has 4 rings (SSSR count). The molecule has 1 atom stereocenters. The third kappa shape index (κ3) is 5.28. The highest BCUT2D eigenvalue weighted by atomic mass is 32.2. The molecular formula is C23H27N3O6S. The van der Waals surface area contributed by atoms with E-state index in [2.05, 4.69) is 10.3 Å². The Kier molecular flexibility index (Phi) is 6.57. The number of nitrogens with one attached hydrogen (secondary N) is 2. The summed E-state index contributed by atoms with van der Waals surface area (Å²) in [6.07, 6.45) is 1.29. The van der Waals surface area contributed by atoms with Crippen molar-refractivity contribution in [3.8, 4) is 5.75 Å². The monoisotopic (exact) mass is 473 g/mol. The van der Waals surface area contributed by atoms with E-state index in [0.717, 1.165) is 11.3 Å². The molecule has 2 N–H and O–H groups in total. The van der Waals surface area contributed by atoms with Crippen molar-refractivity contribution in [3.05, 3.63) is 58.6 Å². The van der Waals surface area contributed by atoms with E-state index in [1.54, 1.807) is 0 Å². The molecule has 0 radical (unpaired) electrons. The molecule has 2 heterocycles. The lowest BCUT2D eigenvalue weighted by Gasteiger charge is -2.31. The third-order valence-corrected chi connectivity index (χ3v) is 7.41. The summed E-state index contributed by atoms with van der Waals surface area (Å²) in [6, 6.07) is 11.8. The van der Waals surface area contributed by atoms with Crippen LogP contribution in [0.5, 0.6) is 5.75 Å². The van der Waals surface area contributed by atoms with E-state index < -0.39 is 21.7 Å². The minimum absolute atomic E-state index is 0.0301. The Bertz CT molecular complexity index is 1290. The maximum Gasteiger partial charge on any atom is 0.417 e. The molecule has 0 bridgehead atoms. The number of piperidine rings is 1. The Hall–Kier alpha value is -3.11. The first-order valence-corrected chi connectivity index (χ1v) is 12.3. The van der Waals surface area contributed by atoms with Gasteiger partial charge in [0.25, 0.3) is 0 Å². The first-order valence-electron chi connectivity index (χ1n) is 10.9. The van der Waals surface area contributed by atoms with Gasteiger partial charge in [-0.1, -0.05) is 12.1 Å². The Morgan fingerprint density at radius 1 is 1.24 bits per heavy atom. The van der Waals surface area contributed by atoms with Crippen LogP contribution in [0.15, 0.2) is 56.6 Å². The molecule has 1 aliphatic rings. The molecule has 1 aliphatic heterocycles. The highest BCUT2D eigenvalue weighted by molar-refractivity contribution is 7.89. The van der Waals surface area contributed by atoms with Crippen LogP contribution in [0.4, 0.5) is 0 Å². The van der Waals surface area contributed by atoms with Crippen LogP contribution in [-0.2, 0) is 21.4 Å². The fraction of sp³-hybridized carbons (Fsp3) is 0.391. The molecule has 1 saturated heterocycles. The number of carbonyl (C=O) groups is 1. The van der Waals surface area contributed by atoms with Crippen molar-refractivity contribution >= 4 is 27.0 Å². The molecule has 3 aromatic rings. The largest absolute Gasteiger partial charge is 0.491 e. The number of ether oxygens (including phenoxy) is 1. The Labute approximate surface area is 191 Å². The van der Waals surface area contributed by atoms with Gasteiger partial charge in [0.15, 0.2) is 5.58 Å². The predicted octanol–water partition coefficient (Wildman–Crippen LogP) is 2.63. The number of carbonyl (C=O) groups excluding carboxylic acids is 1. The van der Waals surface area contributed by atoms with Crippen LogP contribution in [-0.4, -0.2) is 42.8 Å². The minimum atomic E-state index is -3.83. The maximum atomic E-state index is 13.1. The van der Waals surface area contributed by atoms with Crippen LogP contribution < -0.4 is 15.8 Å². The van der Waals surface area contributed by atoms with Gasteiger partial charge in [-0.05, 0) is 56.5 Å². The molecule has 1 fully saturated rings. The molecule has 9 nitrogen and oxygen atoms in total. The van der Waals surface area contributed by atoms with Crippen molar-refractivity contribution < 1.29 is 22.4 Å². The molecule has 176 valence electrons. The van der Waals surface area contributed by atoms with Crippen molar-refractivity contribution in [2.45, 2.75) is 44.2 Å². The number of nitrogens with zero attached hydrogens (tertiary/aromatic N) is 1. The van der Waals surface area contributed by atoms with E-state index in [0.29, 0.717) is 31.4 Å². The van der Waals surface area contributed by atoms with Crippen molar-refractivity contribution in [3.63, 3.8) is 0 Å². The highest BCUT2D eigenvalue weighted by Crippen LogP contribution is 2.26. The van der Waals surface area contributed by atoms with Gasteiger partial charge in [0, 0.05) is 25.7 Å². The number of hydrogen-bond donors (Lipinski definition) is 2. The van der Waals surface area contributed by atoms with Crippen molar-refractivity contribution in [2.75, 3.05) is 13.1 Å². The fourth-order valence-electron chi connectivity index (χ4n) is 3.90. The number of aromatic amines is 1. The molecule has 1 aromatic heterocycles. The zero-order valence-electron chi connectivity index (χ0n) is 18.5. The first-order chi connectivity index (χ1) is 15.7. The number of aromatic nitrogens is 1. The van der Waals surface area contributed by atoms with Gasteiger partial charge in [0.2, 0.25) is 15.9 Å². The van der Waals surface area contributed by atoms with Gasteiger partial charge >= 0.3 is 5.76 Å². The standard InChI is InChI=1S/C23H27N3O6S/c1-15(2)31-18-7-5-16(6-8-18)13-24-22(27)17-4-3-11-26(14-17)33(29,30)19-9-10-20-21(12-19)32-23(28)25-20/h5-10,12,15,17H,3-4,11,13-14H2,1-2H3,(H,24,27)(H,25,28). The SMILES string of the molecule is CC(C)Oc1ccc(CNC(=O)C2CCCN(S(=O)(=O)c3ccc4[nH]c(=O)oc4c3)C2)cc1. The second-order valence-electron chi connectivity index (χ2n) is 8.40. The van der Waals surface area contributed by atoms with E-state index in [1.165, 1.54) is 22.5 Å². The number of oxazole rings is 1. The maximum absolute atomic E-state index is 13.1. The van der Waals surface area contributed by atoms with Gasteiger partial charge < -0.3 is 14.5 Å². The summed E-state index contributed by atoms with van der Waals surface area (Å²) in [5.74, 6) is -0.489. The lowest BCUT2D eigenvalue weighted by molar-refractivity contribution is -0.126. The summed E-state index contributed by atoms with van der Waals surface area (Å²) >= 11 is 0. The van der Waals surface area contributed by atoms with E-state index in [9.17, 15) is 18.0 Å². The summed E-state index contributed by atoms with van der Waals surface area (Å²) in [7, 11) is -3.83. The lowest BCUT2D eigenvalue weighted by Crippen LogP contribution is -2.45. The minimum Gasteiger partial charge on any atom is -0.491 e. The lowest BCUT2D eigenvalue weighted by atomic mass is 9.99. The number of fused-ring (bicyclic) bond motifs is 1. The van der Waals surface area contributed by atoms with E-state index in [4.69, 9.17) is 9.15 Å². The van der Waals surface area contributed by atoms with Crippen molar-refractivity contribution in [1.82, 2.24) is 14.6 Å². The molecule has 0 saturated carbocycles. The highest BCUT2D eigenvalue weighted by Gasteiger charge is 2.33. The molecular weight excluding hydrogens is 446 g/mol. The van der Waals surface area contributed by atoms with Gasteiger partial charge in [-0.2, -0.15) is 4.31 Å². The number of sulfonamides is 1. The van der Waals surface area contributed by atoms with Crippen LogP contribution in [0.3, 0.4) is 0 Å². The van der Waals surface area contributed by atoms with Crippen molar-refractivity contribution in [2.24, 2.45) is 5.92 Å². The first kappa shape index (κ1) is 23.1. The van der Waals surface area contributed by atoms with Crippen molar-refractivity contribution in [1.29, 1.82) is 0 Å². The van der Waals surface area contributed by atoms with E-state index in [1.807, 2.05) is 38.1 Å². The Morgan fingerprint density at radius 2 is 2.00 bits per heavy atom. The van der Waals surface area contributed by atoms with Crippen LogP contribution in [0.1, 0.15) is 32.3 Å². The average Bonchev–Trinajstić information content (AvgIpc) is 3.17. The van der Waals surface area contributed by atoms with Gasteiger partial charge in [0.1, 0.15) is 5.75 Å². The topological polar surface area (TPSA) is 122 Å². The second kappa shape index (κ2) is 9.40. The predicted molar refractivity (Wildman–Crippen MR) is 122 cm³/mol. The Balaban J connectivity index is 1.39. The summed E-state index contributed by atoms with van der Waals surface area (Å²) in [4.78, 5) is 26.6. The number of benzene rings is 2. The number of rotatable bonds is 7. The molecule has 33 heavy (non-hydrogen) atoms. The van der Waals surface area contributed by atoms with Gasteiger partial charge in [-0.25, -0.2) is 13.2 Å².